The molecule has 1 aliphatic heterocycles. The molecule has 0 bridgehead atoms. The molecule has 1 aromatic carbocycles. The third-order valence-electron chi connectivity index (χ3n) is 4.80. The highest BCUT2D eigenvalue weighted by Crippen LogP contribution is 2.28. The molecule has 0 unspecified atom stereocenters. The van der Waals surface area contributed by atoms with Crippen molar-refractivity contribution in [2.45, 2.75) is 25.0 Å². The van der Waals surface area contributed by atoms with E-state index < -0.39 is 0 Å². The van der Waals surface area contributed by atoms with Crippen LogP contribution in [0.2, 0.25) is 0 Å². The standard InChI is InChI=1S/C18H23N3O3/c1-23-14-4-5-16-12(8-14)9-17(20-16)18(22)19-10-15-11-21(6-7-24-15)13-2-3-13/h4-5,8-9,13,15,20H,2-3,6-7,10-11H2,1H3,(H,19,22)/t15-/m0/s1. The molecule has 24 heavy (non-hydrogen) atoms. The van der Waals surface area contributed by atoms with Crippen molar-refractivity contribution in [2.75, 3.05) is 33.4 Å². The van der Waals surface area contributed by atoms with Gasteiger partial charge in [0.25, 0.3) is 5.91 Å². The minimum Gasteiger partial charge on any atom is -0.497 e. The summed E-state index contributed by atoms with van der Waals surface area (Å²) >= 11 is 0. The highest BCUT2D eigenvalue weighted by Gasteiger charge is 2.33. The number of ether oxygens (including phenoxy) is 2. The normalized spacial score (nSPS) is 21.8. The molecule has 1 saturated heterocycles. The highest BCUT2D eigenvalue weighted by molar-refractivity contribution is 5.98. The molecule has 2 aliphatic rings. The Hall–Kier alpha value is -2.05. The second-order valence-corrected chi connectivity index (χ2v) is 6.57. The average Bonchev–Trinajstić information content (AvgIpc) is 3.38. The topological polar surface area (TPSA) is 66.6 Å². The molecule has 1 saturated carbocycles. The average molecular weight is 329 g/mol. The lowest BCUT2D eigenvalue weighted by Gasteiger charge is -2.33. The summed E-state index contributed by atoms with van der Waals surface area (Å²) in [5.74, 6) is 0.682. The van der Waals surface area contributed by atoms with E-state index in [0.717, 1.165) is 42.4 Å². The number of hydrogen-bond donors (Lipinski definition) is 2. The van der Waals surface area contributed by atoms with Gasteiger partial charge in [-0.2, -0.15) is 0 Å². The maximum atomic E-state index is 12.4. The van der Waals surface area contributed by atoms with Crippen LogP contribution in [-0.4, -0.2) is 61.3 Å². The molecular weight excluding hydrogens is 306 g/mol. The van der Waals surface area contributed by atoms with E-state index in [1.54, 1.807) is 7.11 Å². The van der Waals surface area contributed by atoms with Gasteiger partial charge in [-0.3, -0.25) is 9.69 Å². The van der Waals surface area contributed by atoms with E-state index in [9.17, 15) is 4.79 Å². The van der Waals surface area contributed by atoms with E-state index in [4.69, 9.17) is 9.47 Å². The van der Waals surface area contributed by atoms with E-state index in [2.05, 4.69) is 15.2 Å². The van der Waals surface area contributed by atoms with Crippen LogP contribution < -0.4 is 10.1 Å². The molecule has 2 heterocycles. The maximum Gasteiger partial charge on any atom is 0.267 e. The number of nitrogens with one attached hydrogen (secondary N) is 2. The summed E-state index contributed by atoms with van der Waals surface area (Å²) in [5, 5.41) is 3.95. The fourth-order valence-corrected chi connectivity index (χ4v) is 3.30. The number of aromatic amines is 1. The summed E-state index contributed by atoms with van der Waals surface area (Å²) < 4.78 is 11.0. The zero-order chi connectivity index (χ0) is 16.5. The SMILES string of the molecule is COc1ccc2[nH]c(C(=O)NC[C@H]3CN(C4CC4)CCO3)cc2c1. The van der Waals surface area contributed by atoms with Gasteiger partial charge in [0.2, 0.25) is 0 Å². The first-order valence-corrected chi connectivity index (χ1v) is 8.53. The molecule has 1 aliphatic carbocycles. The number of benzene rings is 1. The quantitative estimate of drug-likeness (QED) is 0.877. The number of morpholine rings is 1. The summed E-state index contributed by atoms with van der Waals surface area (Å²) in [5.41, 5.74) is 1.49. The zero-order valence-corrected chi connectivity index (χ0v) is 13.9. The molecule has 6 nitrogen and oxygen atoms in total. The lowest BCUT2D eigenvalue weighted by Crippen LogP contribution is -2.48. The summed E-state index contributed by atoms with van der Waals surface area (Å²) in [4.78, 5) is 18.0. The minimum atomic E-state index is -0.0997. The Bertz CT molecular complexity index is 738. The van der Waals surface area contributed by atoms with Gasteiger partial charge in [-0.15, -0.1) is 0 Å². The lowest BCUT2D eigenvalue weighted by atomic mass is 10.2. The summed E-state index contributed by atoms with van der Waals surface area (Å²) in [7, 11) is 1.64. The van der Waals surface area contributed by atoms with Crippen LogP contribution in [0.4, 0.5) is 0 Å². The zero-order valence-electron chi connectivity index (χ0n) is 13.9. The predicted molar refractivity (Wildman–Crippen MR) is 91.5 cm³/mol. The van der Waals surface area contributed by atoms with E-state index in [0.29, 0.717) is 12.2 Å². The van der Waals surface area contributed by atoms with Crippen molar-refractivity contribution in [2.24, 2.45) is 0 Å². The molecule has 6 heteroatoms. The van der Waals surface area contributed by atoms with E-state index >= 15 is 0 Å². The third kappa shape index (κ3) is 3.25. The van der Waals surface area contributed by atoms with Crippen molar-refractivity contribution in [3.8, 4) is 5.75 Å². The number of hydrogen-bond acceptors (Lipinski definition) is 4. The van der Waals surface area contributed by atoms with E-state index in [-0.39, 0.29) is 12.0 Å². The molecule has 1 aromatic heterocycles. The number of rotatable bonds is 5. The molecule has 1 amide bonds. The Labute approximate surface area is 141 Å². The minimum absolute atomic E-state index is 0.0766. The maximum absolute atomic E-state index is 12.4. The fraction of sp³-hybridized carbons (Fsp3) is 0.500. The predicted octanol–water partition coefficient (Wildman–Crippen LogP) is 1.77. The monoisotopic (exact) mass is 329 g/mol. The van der Waals surface area contributed by atoms with Crippen LogP contribution in [0.15, 0.2) is 24.3 Å². The molecule has 1 atom stereocenters. The van der Waals surface area contributed by atoms with Crippen LogP contribution in [0.1, 0.15) is 23.3 Å². The summed E-state index contributed by atoms with van der Waals surface area (Å²) in [6, 6.07) is 8.31. The van der Waals surface area contributed by atoms with Gasteiger partial charge in [0.15, 0.2) is 0 Å². The third-order valence-corrected chi connectivity index (χ3v) is 4.80. The van der Waals surface area contributed by atoms with Crippen LogP contribution in [-0.2, 0) is 4.74 Å². The van der Waals surface area contributed by atoms with Gasteiger partial charge in [0.05, 0.1) is 19.8 Å². The highest BCUT2D eigenvalue weighted by atomic mass is 16.5. The summed E-state index contributed by atoms with van der Waals surface area (Å²) in [6.45, 7) is 3.22. The van der Waals surface area contributed by atoms with Crippen LogP contribution >= 0.6 is 0 Å². The molecule has 2 N–H and O–H groups in total. The Morgan fingerprint density at radius 3 is 3.08 bits per heavy atom. The van der Waals surface area contributed by atoms with Crippen molar-refractivity contribution >= 4 is 16.8 Å². The van der Waals surface area contributed by atoms with Crippen molar-refractivity contribution in [3.63, 3.8) is 0 Å². The summed E-state index contributed by atoms with van der Waals surface area (Å²) in [6.07, 6.45) is 2.68. The number of H-pyrrole nitrogens is 1. The van der Waals surface area contributed by atoms with Crippen LogP contribution in [0.3, 0.4) is 0 Å². The Kier molecular flexibility index (Phi) is 4.16. The van der Waals surface area contributed by atoms with Gasteiger partial charge in [0.1, 0.15) is 11.4 Å². The molecule has 2 aromatic rings. The number of carbonyl (C=O) groups excluding carboxylic acids is 1. The first-order chi connectivity index (χ1) is 11.7. The second kappa shape index (κ2) is 6.45. The number of amides is 1. The Balaban J connectivity index is 1.37. The van der Waals surface area contributed by atoms with Crippen molar-refractivity contribution in [1.29, 1.82) is 0 Å². The van der Waals surface area contributed by atoms with Gasteiger partial charge >= 0.3 is 0 Å². The molecular formula is C18H23N3O3. The fourth-order valence-electron chi connectivity index (χ4n) is 3.30. The van der Waals surface area contributed by atoms with Crippen LogP contribution in [0.5, 0.6) is 5.75 Å². The van der Waals surface area contributed by atoms with Crippen molar-refractivity contribution < 1.29 is 14.3 Å². The molecule has 2 fully saturated rings. The van der Waals surface area contributed by atoms with Crippen molar-refractivity contribution in [3.05, 3.63) is 30.0 Å². The molecule has 0 spiro atoms. The van der Waals surface area contributed by atoms with E-state index in [1.165, 1.54) is 12.8 Å². The number of carbonyl (C=O) groups is 1. The molecule has 4 rings (SSSR count). The molecule has 128 valence electrons. The second-order valence-electron chi connectivity index (χ2n) is 6.57. The molecule has 0 radical (unpaired) electrons. The number of nitrogens with zero attached hydrogens (tertiary/aromatic N) is 1. The van der Waals surface area contributed by atoms with E-state index in [1.807, 2.05) is 24.3 Å². The van der Waals surface area contributed by atoms with Crippen LogP contribution in [0, 0.1) is 0 Å². The van der Waals surface area contributed by atoms with Gasteiger partial charge in [-0.1, -0.05) is 0 Å². The smallest absolute Gasteiger partial charge is 0.267 e. The van der Waals surface area contributed by atoms with Gasteiger partial charge in [0, 0.05) is 36.6 Å². The number of fused-ring (bicyclic) bond motifs is 1. The first kappa shape index (κ1) is 15.5. The first-order valence-electron chi connectivity index (χ1n) is 8.53. The van der Waals surface area contributed by atoms with Gasteiger partial charge in [-0.05, 0) is 37.1 Å². The Morgan fingerprint density at radius 2 is 2.29 bits per heavy atom. The van der Waals surface area contributed by atoms with Gasteiger partial charge < -0.3 is 19.8 Å². The van der Waals surface area contributed by atoms with Crippen LogP contribution in [0.25, 0.3) is 10.9 Å². The Morgan fingerprint density at radius 1 is 1.42 bits per heavy atom. The lowest BCUT2D eigenvalue weighted by molar-refractivity contribution is -0.0293. The van der Waals surface area contributed by atoms with Crippen molar-refractivity contribution in [1.82, 2.24) is 15.2 Å². The largest absolute Gasteiger partial charge is 0.497 e. The number of methoxy groups -OCH3 is 1. The van der Waals surface area contributed by atoms with Gasteiger partial charge in [-0.25, -0.2) is 0 Å². The number of aromatic nitrogens is 1.